The van der Waals surface area contributed by atoms with Gasteiger partial charge in [0.1, 0.15) is 0 Å². The number of pyridine rings is 2. The second kappa shape index (κ2) is 11.1. The average Bonchev–Trinajstić information content (AvgIpc) is 3.18. The molecule has 0 aliphatic carbocycles. The summed E-state index contributed by atoms with van der Waals surface area (Å²) in [7, 11) is 0. The summed E-state index contributed by atoms with van der Waals surface area (Å²) in [6, 6.07) is 56.6. The Bertz CT molecular complexity index is 2980. The van der Waals surface area contributed by atoms with Crippen molar-refractivity contribution in [1.29, 1.82) is 0 Å². The van der Waals surface area contributed by atoms with Crippen molar-refractivity contribution in [3.05, 3.63) is 169 Å². The maximum Gasteiger partial charge on any atom is 0.0791 e. The molecule has 0 radical (unpaired) electrons. The van der Waals surface area contributed by atoms with Gasteiger partial charge in [0.25, 0.3) is 0 Å². The second-order valence-corrected chi connectivity index (χ2v) is 13.3. The minimum absolute atomic E-state index is 0.997. The number of hydrogen-bond acceptors (Lipinski definition) is 2. The van der Waals surface area contributed by atoms with E-state index in [0.29, 0.717) is 0 Å². The van der Waals surface area contributed by atoms with E-state index in [2.05, 4.69) is 172 Å². The van der Waals surface area contributed by atoms with Crippen molar-refractivity contribution in [3.8, 4) is 33.6 Å². The number of para-hydroxylation sites is 2. The quantitative estimate of drug-likeness (QED) is 0.142. The van der Waals surface area contributed by atoms with Crippen molar-refractivity contribution in [3.63, 3.8) is 0 Å². The molecule has 50 heavy (non-hydrogen) atoms. The second-order valence-electron chi connectivity index (χ2n) is 13.3. The SMILES string of the molecule is Cc1c2c(-c3ccc(-c4cc5ccccc5c5ccccc45)cc3)nc3ccccc3c2c(C)c2c(-c3ccccc3)nc3ccccc3c12. The van der Waals surface area contributed by atoms with Crippen LogP contribution in [-0.4, -0.2) is 9.97 Å². The average molecular weight is 637 g/mol. The molecule has 0 N–H and O–H groups in total. The molecule has 0 saturated carbocycles. The van der Waals surface area contributed by atoms with Crippen LogP contribution < -0.4 is 0 Å². The van der Waals surface area contributed by atoms with Gasteiger partial charge in [0.15, 0.2) is 0 Å². The summed E-state index contributed by atoms with van der Waals surface area (Å²) in [6.45, 7) is 4.55. The van der Waals surface area contributed by atoms with E-state index in [-0.39, 0.29) is 0 Å². The number of rotatable bonds is 3. The molecule has 10 aromatic rings. The Kier molecular flexibility index (Phi) is 6.34. The van der Waals surface area contributed by atoms with E-state index in [4.69, 9.17) is 9.97 Å². The lowest BCUT2D eigenvalue weighted by Crippen LogP contribution is -1.99. The standard InChI is InChI=1S/C48H32N2/c1-29-44-39-21-11-13-23-42(39)50-48(33-26-24-31(25-27-33)40-28-34-16-6-7-17-35(34)36-18-8-9-19-37(36)40)46(44)30(2)43-38-20-10-12-22-41(38)49-47(45(29)43)32-14-4-3-5-15-32/h3-28H,1-2H3. The molecule has 8 aromatic carbocycles. The van der Waals surface area contributed by atoms with Gasteiger partial charge in [0.05, 0.1) is 22.4 Å². The highest BCUT2D eigenvalue weighted by Crippen LogP contribution is 2.45. The molecule has 0 spiro atoms. The van der Waals surface area contributed by atoms with Crippen LogP contribution in [0.5, 0.6) is 0 Å². The lowest BCUT2D eigenvalue weighted by Gasteiger charge is -2.21. The lowest BCUT2D eigenvalue weighted by atomic mass is 9.85. The predicted molar refractivity (Wildman–Crippen MR) is 213 cm³/mol. The highest BCUT2D eigenvalue weighted by Gasteiger charge is 2.22. The monoisotopic (exact) mass is 636 g/mol. The first-order chi connectivity index (χ1) is 24.7. The largest absolute Gasteiger partial charge is 0.247 e. The number of hydrogen-bond donors (Lipinski definition) is 0. The highest BCUT2D eigenvalue weighted by atomic mass is 14.7. The van der Waals surface area contributed by atoms with Gasteiger partial charge >= 0.3 is 0 Å². The molecule has 0 fully saturated rings. The molecule has 2 heteroatoms. The highest BCUT2D eigenvalue weighted by molar-refractivity contribution is 6.25. The van der Waals surface area contributed by atoms with Crippen LogP contribution in [0.2, 0.25) is 0 Å². The van der Waals surface area contributed by atoms with E-state index in [1.807, 2.05) is 0 Å². The van der Waals surface area contributed by atoms with Crippen LogP contribution in [0, 0.1) is 13.8 Å². The molecular weight excluding hydrogens is 605 g/mol. The van der Waals surface area contributed by atoms with Gasteiger partial charge in [-0.25, -0.2) is 9.97 Å². The first kappa shape index (κ1) is 28.6. The van der Waals surface area contributed by atoms with Crippen LogP contribution in [0.15, 0.2) is 158 Å². The number of benzene rings is 8. The van der Waals surface area contributed by atoms with Crippen LogP contribution in [0.3, 0.4) is 0 Å². The van der Waals surface area contributed by atoms with Crippen molar-refractivity contribution >= 4 is 64.9 Å². The molecule has 0 saturated heterocycles. The molecule has 0 amide bonds. The minimum atomic E-state index is 0.997. The van der Waals surface area contributed by atoms with Gasteiger partial charge in [-0.05, 0) is 86.6 Å². The van der Waals surface area contributed by atoms with Gasteiger partial charge in [0.2, 0.25) is 0 Å². The van der Waals surface area contributed by atoms with Crippen LogP contribution in [0.25, 0.3) is 98.5 Å². The molecule has 0 atom stereocenters. The Hall–Kier alpha value is -6.38. The van der Waals surface area contributed by atoms with Gasteiger partial charge in [-0.2, -0.15) is 0 Å². The van der Waals surface area contributed by atoms with Crippen LogP contribution in [-0.2, 0) is 0 Å². The Labute approximate surface area is 290 Å². The third kappa shape index (κ3) is 4.22. The summed E-state index contributed by atoms with van der Waals surface area (Å²) in [5.41, 5.74) is 11.2. The van der Waals surface area contributed by atoms with Crippen molar-refractivity contribution < 1.29 is 0 Å². The van der Waals surface area contributed by atoms with Crippen molar-refractivity contribution in [1.82, 2.24) is 9.97 Å². The fraction of sp³-hybridized carbons (Fsp3) is 0.0417. The normalized spacial score (nSPS) is 11.8. The van der Waals surface area contributed by atoms with Gasteiger partial charge in [-0.3, -0.25) is 0 Å². The summed E-state index contributed by atoms with van der Waals surface area (Å²) in [6.07, 6.45) is 0. The number of aromatic nitrogens is 2. The van der Waals surface area contributed by atoms with E-state index in [9.17, 15) is 0 Å². The molecule has 0 aliphatic rings. The Morgan fingerprint density at radius 3 is 1.38 bits per heavy atom. The lowest BCUT2D eigenvalue weighted by molar-refractivity contribution is 1.39. The van der Waals surface area contributed by atoms with Gasteiger partial charge in [-0.1, -0.05) is 140 Å². The summed E-state index contributed by atoms with van der Waals surface area (Å²) >= 11 is 0. The first-order valence-electron chi connectivity index (χ1n) is 17.3. The van der Waals surface area contributed by atoms with Crippen molar-refractivity contribution in [2.45, 2.75) is 13.8 Å². The molecule has 2 heterocycles. The number of nitrogens with zero attached hydrogens (tertiary/aromatic N) is 2. The number of aryl methyl sites for hydroxylation is 2. The first-order valence-corrected chi connectivity index (χ1v) is 17.3. The van der Waals surface area contributed by atoms with E-state index >= 15 is 0 Å². The smallest absolute Gasteiger partial charge is 0.0791 e. The fourth-order valence-corrected chi connectivity index (χ4v) is 8.30. The number of fused-ring (bicyclic) bond motifs is 9. The van der Waals surface area contributed by atoms with E-state index in [0.717, 1.165) is 33.5 Å². The maximum absolute atomic E-state index is 5.42. The zero-order valence-electron chi connectivity index (χ0n) is 27.9. The molecule has 0 aliphatic heterocycles. The third-order valence-corrected chi connectivity index (χ3v) is 10.6. The Morgan fingerprint density at radius 1 is 0.340 bits per heavy atom. The van der Waals surface area contributed by atoms with Gasteiger partial charge in [0, 0.05) is 32.7 Å². The fourth-order valence-electron chi connectivity index (χ4n) is 8.30. The molecule has 10 rings (SSSR count). The van der Waals surface area contributed by atoms with Crippen LogP contribution in [0.1, 0.15) is 11.1 Å². The van der Waals surface area contributed by atoms with E-state index in [1.165, 1.54) is 76.1 Å². The Balaban J connectivity index is 1.28. The summed E-state index contributed by atoms with van der Waals surface area (Å²) in [4.78, 5) is 10.7. The zero-order valence-corrected chi connectivity index (χ0v) is 27.9. The van der Waals surface area contributed by atoms with Gasteiger partial charge < -0.3 is 0 Å². The van der Waals surface area contributed by atoms with Gasteiger partial charge in [-0.15, -0.1) is 0 Å². The third-order valence-electron chi connectivity index (χ3n) is 10.6. The minimum Gasteiger partial charge on any atom is -0.247 e. The zero-order chi connectivity index (χ0) is 33.3. The molecule has 0 unspecified atom stereocenters. The molecular formula is C48H32N2. The molecule has 2 aromatic heterocycles. The summed E-state index contributed by atoms with van der Waals surface area (Å²) in [5.74, 6) is 0. The summed E-state index contributed by atoms with van der Waals surface area (Å²) in [5, 5.41) is 12.3. The van der Waals surface area contributed by atoms with Crippen molar-refractivity contribution in [2.24, 2.45) is 0 Å². The molecule has 234 valence electrons. The molecule has 2 nitrogen and oxygen atoms in total. The maximum atomic E-state index is 5.42. The Morgan fingerprint density at radius 2 is 0.780 bits per heavy atom. The summed E-state index contributed by atoms with van der Waals surface area (Å²) < 4.78 is 0. The predicted octanol–water partition coefficient (Wildman–Crippen LogP) is 13.0. The van der Waals surface area contributed by atoms with E-state index in [1.54, 1.807) is 0 Å². The van der Waals surface area contributed by atoms with Crippen molar-refractivity contribution in [2.75, 3.05) is 0 Å². The van der Waals surface area contributed by atoms with E-state index < -0.39 is 0 Å². The van der Waals surface area contributed by atoms with Crippen LogP contribution in [0.4, 0.5) is 0 Å². The van der Waals surface area contributed by atoms with Crippen LogP contribution >= 0.6 is 0 Å². The molecule has 0 bridgehead atoms. The topological polar surface area (TPSA) is 25.8 Å².